The van der Waals surface area contributed by atoms with Crippen molar-refractivity contribution in [2.45, 2.75) is 0 Å². The molecular weight excluding hydrogens is 216 g/mol. The Balaban J connectivity index is -0.0000000287. The van der Waals surface area contributed by atoms with E-state index in [2.05, 4.69) is 9.78 Å². The lowest BCUT2D eigenvalue weighted by Gasteiger charge is -1.80. The molecule has 0 rings (SSSR count). The molecule has 0 fully saturated rings. The van der Waals surface area contributed by atoms with Crippen molar-refractivity contribution in [2.24, 2.45) is 0 Å². The fourth-order valence-corrected chi connectivity index (χ4v) is 0.0454. The highest BCUT2D eigenvalue weighted by molar-refractivity contribution is 5.40. The summed E-state index contributed by atoms with van der Waals surface area (Å²) in [5, 5.41) is 48.0. The van der Waals surface area contributed by atoms with Gasteiger partial charge in [0.05, 0.1) is 0 Å². The van der Waals surface area contributed by atoms with Crippen LogP contribution in [0.2, 0.25) is 0 Å². The Morgan fingerprint density at radius 1 is 0.571 bits per heavy atom. The zero-order valence-corrected chi connectivity index (χ0v) is 6.37. The minimum Gasteiger partial charge on any atom is -0.255 e. The van der Waals surface area contributed by atoms with E-state index in [9.17, 15) is 0 Å². The van der Waals surface area contributed by atoms with Gasteiger partial charge >= 0.3 is 12.9 Å². The standard InChI is InChI=1S/C2H2O4.4H2O2/c3-1-5-6-2-4;4*1-2/h1-2H;4*1-2H. The minimum absolute atomic E-state index is 0.00833. The Kier molecular flexibility index (Phi) is 400. The van der Waals surface area contributed by atoms with E-state index in [1.165, 1.54) is 0 Å². The fraction of sp³-hybridized carbons (Fsp3) is 0. The number of hydrogen-bond donors (Lipinski definition) is 8. The van der Waals surface area contributed by atoms with Crippen molar-refractivity contribution in [3.8, 4) is 0 Å². The predicted octanol–water partition coefficient (Wildman–Crippen LogP) is -0.683. The molecule has 0 saturated heterocycles. The summed E-state index contributed by atoms with van der Waals surface area (Å²) in [5.41, 5.74) is 0. The van der Waals surface area contributed by atoms with E-state index in [-0.39, 0.29) is 12.9 Å². The third-order valence-corrected chi connectivity index (χ3v) is 0.134. The summed E-state index contributed by atoms with van der Waals surface area (Å²) in [6, 6.07) is 0. The summed E-state index contributed by atoms with van der Waals surface area (Å²) in [6.45, 7) is 0.0167. The van der Waals surface area contributed by atoms with Crippen molar-refractivity contribution < 1.29 is 61.4 Å². The van der Waals surface area contributed by atoms with E-state index in [4.69, 9.17) is 51.6 Å². The SMILES string of the molecule is O=COOC=O.OO.OO.OO.OO. The summed E-state index contributed by atoms with van der Waals surface area (Å²) < 4.78 is 0. The lowest BCUT2D eigenvalue weighted by Crippen LogP contribution is -1.85. The van der Waals surface area contributed by atoms with Crippen LogP contribution in [0.1, 0.15) is 0 Å². The summed E-state index contributed by atoms with van der Waals surface area (Å²) in [7, 11) is 0. The smallest absolute Gasteiger partial charge is 0.255 e. The maximum Gasteiger partial charge on any atom is 0.344 e. The number of rotatable bonds is 3. The molecule has 0 aromatic heterocycles. The van der Waals surface area contributed by atoms with Gasteiger partial charge in [-0.2, -0.15) is 0 Å². The van der Waals surface area contributed by atoms with Crippen LogP contribution in [-0.4, -0.2) is 55.0 Å². The third kappa shape index (κ3) is 374. The number of hydrogen-bond acceptors (Lipinski definition) is 12. The van der Waals surface area contributed by atoms with Gasteiger partial charge in [0.25, 0.3) is 0 Å². The molecule has 0 amide bonds. The Morgan fingerprint density at radius 2 is 0.714 bits per heavy atom. The largest absolute Gasteiger partial charge is 0.344 e. The minimum atomic E-state index is 0.00833. The second kappa shape index (κ2) is 191. The molecule has 8 N–H and O–H groups in total. The van der Waals surface area contributed by atoms with Crippen LogP contribution >= 0.6 is 0 Å². The first-order valence-corrected chi connectivity index (χ1v) is 1.91. The summed E-state index contributed by atoms with van der Waals surface area (Å²) >= 11 is 0. The highest BCUT2D eigenvalue weighted by Crippen LogP contribution is 1.57. The molecular formula is C2H10O12. The van der Waals surface area contributed by atoms with Crippen molar-refractivity contribution in [1.29, 1.82) is 0 Å². The molecule has 0 saturated carbocycles. The molecule has 90 valence electrons. The van der Waals surface area contributed by atoms with Crippen LogP contribution in [0.25, 0.3) is 0 Å². The van der Waals surface area contributed by atoms with Crippen LogP contribution in [0.15, 0.2) is 0 Å². The average Bonchev–Trinajstić information content (AvgIpc) is 2.36. The molecule has 12 nitrogen and oxygen atoms in total. The molecule has 0 radical (unpaired) electrons. The molecule has 14 heavy (non-hydrogen) atoms. The topological polar surface area (TPSA) is 214 Å². The van der Waals surface area contributed by atoms with Crippen molar-refractivity contribution in [3.05, 3.63) is 0 Å². The monoisotopic (exact) mass is 226 g/mol. The quantitative estimate of drug-likeness (QED) is 0.130. The van der Waals surface area contributed by atoms with Crippen molar-refractivity contribution in [1.82, 2.24) is 0 Å². The van der Waals surface area contributed by atoms with Crippen molar-refractivity contribution in [3.63, 3.8) is 0 Å². The van der Waals surface area contributed by atoms with Crippen LogP contribution in [0.5, 0.6) is 0 Å². The Labute approximate surface area is 75.7 Å². The Morgan fingerprint density at radius 3 is 0.786 bits per heavy atom. The third-order valence-electron chi connectivity index (χ3n) is 0.134. The van der Waals surface area contributed by atoms with Gasteiger partial charge in [-0.05, 0) is 0 Å². The van der Waals surface area contributed by atoms with Crippen molar-refractivity contribution in [2.75, 3.05) is 0 Å². The highest BCUT2D eigenvalue weighted by atomic mass is 17.2. The molecule has 0 bridgehead atoms. The van der Waals surface area contributed by atoms with Gasteiger partial charge in [0.1, 0.15) is 0 Å². The van der Waals surface area contributed by atoms with Gasteiger partial charge in [0.2, 0.25) is 0 Å². The second-order valence-electron chi connectivity index (χ2n) is 0.385. The van der Waals surface area contributed by atoms with Gasteiger partial charge in [0, 0.05) is 0 Å². The summed E-state index contributed by atoms with van der Waals surface area (Å²) in [4.78, 5) is 25.0. The van der Waals surface area contributed by atoms with Gasteiger partial charge in [-0.3, -0.25) is 61.4 Å². The number of carbonyl (C=O) groups excluding carboxylic acids is 2. The first kappa shape index (κ1) is 29.3. The van der Waals surface area contributed by atoms with E-state index in [0.29, 0.717) is 0 Å². The normalized spacial score (nSPS) is 4.29. The molecule has 0 heterocycles. The summed E-state index contributed by atoms with van der Waals surface area (Å²) in [5.74, 6) is 0. The second-order valence-corrected chi connectivity index (χ2v) is 0.385. The van der Waals surface area contributed by atoms with E-state index < -0.39 is 0 Å². The van der Waals surface area contributed by atoms with Gasteiger partial charge in [-0.1, -0.05) is 0 Å². The molecule has 0 atom stereocenters. The fourth-order valence-electron chi connectivity index (χ4n) is 0.0454. The zero-order chi connectivity index (χ0) is 12.8. The summed E-state index contributed by atoms with van der Waals surface area (Å²) in [6.07, 6.45) is 0. The van der Waals surface area contributed by atoms with E-state index in [1.54, 1.807) is 0 Å². The number of carbonyl (C=O) groups is 2. The highest BCUT2D eigenvalue weighted by Gasteiger charge is 1.68. The van der Waals surface area contributed by atoms with E-state index in [1.807, 2.05) is 0 Å². The molecule has 0 aromatic rings. The lowest BCUT2D eigenvalue weighted by atomic mass is 11.6. The average molecular weight is 226 g/mol. The van der Waals surface area contributed by atoms with Crippen LogP contribution in [-0.2, 0) is 19.4 Å². The Hall–Kier alpha value is -1.38. The van der Waals surface area contributed by atoms with Crippen LogP contribution in [0.4, 0.5) is 0 Å². The molecule has 0 spiro atoms. The van der Waals surface area contributed by atoms with E-state index >= 15 is 0 Å². The Bertz CT molecular complexity index is 44.3. The molecule has 0 aromatic carbocycles. The van der Waals surface area contributed by atoms with Crippen LogP contribution < -0.4 is 0 Å². The lowest BCUT2D eigenvalue weighted by molar-refractivity contribution is -0.235. The maximum absolute atomic E-state index is 9.06. The van der Waals surface area contributed by atoms with Gasteiger partial charge in [-0.15, -0.1) is 0 Å². The van der Waals surface area contributed by atoms with Gasteiger partial charge < -0.3 is 0 Å². The van der Waals surface area contributed by atoms with Crippen LogP contribution in [0.3, 0.4) is 0 Å². The molecule has 0 aliphatic heterocycles. The van der Waals surface area contributed by atoms with Gasteiger partial charge in [-0.25, -0.2) is 0 Å². The zero-order valence-electron chi connectivity index (χ0n) is 6.37. The molecule has 0 unspecified atom stereocenters. The molecule has 0 aliphatic carbocycles. The van der Waals surface area contributed by atoms with E-state index in [0.717, 1.165) is 0 Å². The predicted molar refractivity (Wildman–Crippen MR) is 35.3 cm³/mol. The molecule has 12 heteroatoms. The van der Waals surface area contributed by atoms with Crippen molar-refractivity contribution >= 4 is 12.9 Å². The first-order chi connectivity index (χ1) is 6.91. The van der Waals surface area contributed by atoms with Crippen LogP contribution in [0, 0.1) is 0 Å². The molecule has 0 aliphatic rings. The maximum atomic E-state index is 9.06. The van der Waals surface area contributed by atoms with Gasteiger partial charge in [0.15, 0.2) is 0 Å². The first-order valence-electron chi connectivity index (χ1n) is 1.91.